The van der Waals surface area contributed by atoms with Crippen molar-refractivity contribution in [3.63, 3.8) is 0 Å². The van der Waals surface area contributed by atoms with Gasteiger partial charge in [-0.1, -0.05) is 12.1 Å². The number of nitrogens with zero attached hydrogens (tertiary/aromatic N) is 1. The summed E-state index contributed by atoms with van der Waals surface area (Å²) < 4.78 is 24.3. The Labute approximate surface area is 135 Å². The molecule has 1 unspecified atom stereocenters. The van der Waals surface area contributed by atoms with Gasteiger partial charge < -0.3 is 19.7 Å². The normalized spacial score (nSPS) is 28.7. The molecule has 1 amide bonds. The van der Waals surface area contributed by atoms with Crippen LogP contribution in [0.3, 0.4) is 0 Å². The lowest BCUT2D eigenvalue weighted by molar-refractivity contribution is -0.138. The zero-order valence-electron chi connectivity index (χ0n) is 13.3. The molecule has 5 nitrogen and oxygen atoms in total. The minimum Gasteiger partial charge on any atom is -0.373 e. The Hall–Kier alpha value is -1.50. The van der Waals surface area contributed by atoms with Crippen LogP contribution in [-0.4, -0.2) is 56.8 Å². The van der Waals surface area contributed by atoms with Crippen molar-refractivity contribution in [2.24, 2.45) is 5.92 Å². The van der Waals surface area contributed by atoms with Gasteiger partial charge in [0.2, 0.25) is 5.91 Å². The summed E-state index contributed by atoms with van der Waals surface area (Å²) >= 11 is 0. The van der Waals surface area contributed by atoms with E-state index in [-0.39, 0.29) is 23.7 Å². The molecule has 3 rings (SSSR count). The highest BCUT2D eigenvalue weighted by atomic mass is 19.1. The molecule has 1 aromatic rings. The molecule has 2 aliphatic heterocycles. The van der Waals surface area contributed by atoms with Crippen molar-refractivity contribution in [3.05, 3.63) is 35.6 Å². The summed E-state index contributed by atoms with van der Waals surface area (Å²) in [4.78, 5) is 14.3. The third-order valence-corrected chi connectivity index (χ3v) is 4.51. The number of likely N-dealkylation sites (N-methyl/N-ethyl adjacent to an activating group) is 1. The molecule has 0 aliphatic carbocycles. The second kappa shape index (κ2) is 7.38. The second-order valence-electron chi connectivity index (χ2n) is 6.26. The lowest BCUT2D eigenvalue weighted by Gasteiger charge is -2.29. The minimum atomic E-state index is -0.402. The van der Waals surface area contributed by atoms with Crippen LogP contribution in [0.4, 0.5) is 4.39 Å². The van der Waals surface area contributed by atoms with E-state index in [0.29, 0.717) is 26.3 Å². The van der Waals surface area contributed by atoms with Crippen LogP contribution in [0.25, 0.3) is 0 Å². The number of carbonyl (C=O) groups excluding carboxylic acids is 1. The molecule has 0 spiro atoms. The monoisotopic (exact) mass is 322 g/mol. The van der Waals surface area contributed by atoms with E-state index < -0.39 is 6.10 Å². The fraction of sp³-hybridized carbons (Fsp3) is 0.588. The van der Waals surface area contributed by atoms with Crippen molar-refractivity contribution >= 4 is 5.91 Å². The van der Waals surface area contributed by atoms with Crippen LogP contribution in [0.2, 0.25) is 0 Å². The van der Waals surface area contributed by atoms with Gasteiger partial charge >= 0.3 is 0 Å². The van der Waals surface area contributed by atoms with Gasteiger partial charge in [0.25, 0.3) is 0 Å². The number of nitrogens with one attached hydrogen (secondary N) is 1. The topological polar surface area (TPSA) is 50.8 Å². The molecule has 2 aliphatic rings. The van der Waals surface area contributed by atoms with Gasteiger partial charge in [-0.05, 0) is 31.2 Å². The van der Waals surface area contributed by atoms with Crippen molar-refractivity contribution in [2.75, 3.05) is 39.9 Å². The standard InChI is InChI=1S/C17H23FN2O3/c1-20-7-9-22-15(11-20)17(21)19-10-13-6-8-23-16(13)12-2-4-14(18)5-3-12/h2-5,13,15-16H,6-11H2,1H3,(H,19,21)/t13-,15?,16-/m0/s1. The Morgan fingerprint density at radius 2 is 2.09 bits per heavy atom. The summed E-state index contributed by atoms with van der Waals surface area (Å²) in [5.74, 6) is -0.123. The Morgan fingerprint density at radius 3 is 2.83 bits per heavy atom. The first-order chi connectivity index (χ1) is 11.1. The van der Waals surface area contributed by atoms with E-state index in [1.165, 1.54) is 12.1 Å². The molecule has 0 saturated carbocycles. The fourth-order valence-electron chi connectivity index (χ4n) is 3.15. The lowest BCUT2D eigenvalue weighted by Crippen LogP contribution is -2.49. The molecule has 2 heterocycles. The highest BCUT2D eigenvalue weighted by Gasteiger charge is 2.31. The molecule has 1 aromatic carbocycles. The number of morpholine rings is 1. The molecular weight excluding hydrogens is 299 g/mol. The molecule has 0 bridgehead atoms. The van der Waals surface area contributed by atoms with Crippen molar-refractivity contribution < 1.29 is 18.7 Å². The molecule has 0 aromatic heterocycles. The molecule has 1 N–H and O–H groups in total. The molecule has 2 fully saturated rings. The Morgan fingerprint density at radius 1 is 1.30 bits per heavy atom. The van der Waals surface area contributed by atoms with Gasteiger partial charge in [-0.15, -0.1) is 0 Å². The molecule has 3 atom stereocenters. The van der Waals surface area contributed by atoms with Crippen molar-refractivity contribution in [2.45, 2.75) is 18.6 Å². The number of ether oxygens (including phenoxy) is 2. The van der Waals surface area contributed by atoms with Crippen LogP contribution in [0.5, 0.6) is 0 Å². The van der Waals surface area contributed by atoms with Gasteiger partial charge in [0.15, 0.2) is 0 Å². The number of rotatable bonds is 4. The zero-order chi connectivity index (χ0) is 16.2. The van der Waals surface area contributed by atoms with Crippen molar-refractivity contribution in [1.82, 2.24) is 10.2 Å². The predicted molar refractivity (Wildman–Crippen MR) is 83.4 cm³/mol. The van der Waals surface area contributed by atoms with Crippen LogP contribution >= 0.6 is 0 Å². The molecular formula is C17H23FN2O3. The maximum absolute atomic E-state index is 13.0. The van der Waals surface area contributed by atoms with Crippen molar-refractivity contribution in [3.8, 4) is 0 Å². The smallest absolute Gasteiger partial charge is 0.250 e. The number of amides is 1. The van der Waals surface area contributed by atoms with Crippen molar-refractivity contribution in [1.29, 1.82) is 0 Å². The molecule has 0 radical (unpaired) electrons. The first-order valence-corrected chi connectivity index (χ1v) is 8.08. The van der Waals surface area contributed by atoms with Crippen LogP contribution in [0.15, 0.2) is 24.3 Å². The van der Waals surface area contributed by atoms with E-state index in [0.717, 1.165) is 18.5 Å². The summed E-state index contributed by atoms with van der Waals surface area (Å²) in [6.07, 6.45) is 0.388. The summed E-state index contributed by atoms with van der Waals surface area (Å²) in [7, 11) is 1.98. The highest BCUT2D eigenvalue weighted by molar-refractivity contribution is 5.81. The first kappa shape index (κ1) is 16.4. The van der Waals surface area contributed by atoms with Crippen LogP contribution in [0, 0.1) is 11.7 Å². The van der Waals surface area contributed by atoms with E-state index in [4.69, 9.17) is 9.47 Å². The largest absolute Gasteiger partial charge is 0.373 e. The lowest BCUT2D eigenvalue weighted by atomic mass is 9.95. The van der Waals surface area contributed by atoms with E-state index in [1.54, 1.807) is 12.1 Å². The minimum absolute atomic E-state index is 0.0682. The van der Waals surface area contributed by atoms with E-state index in [9.17, 15) is 9.18 Å². The SMILES string of the molecule is CN1CCOC(C(=O)NC[C@@H]2CCO[C@H]2c2ccc(F)cc2)C1. The van der Waals surface area contributed by atoms with Gasteiger partial charge in [-0.3, -0.25) is 4.79 Å². The number of halogens is 1. The number of hydrogen-bond donors (Lipinski definition) is 1. The molecule has 2 saturated heterocycles. The van der Waals surface area contributed by atoms with Gasteiger partial charge in [0.05, 0.1) is 12.7 Å². The van der Waals surface area contributed by atoms with Crippen LogP contribution in [-0.2, 0) is 14.3 Å². The van der Waals surface area contributed by atoms with E-state index in [1.807, 2.05) is 7.05 Å². The Bertz CT molecular complexity index is 537. The third kappa shape index (κ3) is 4.07. The first-order valence-electron chi connectivity index (χ1n) is 8.08. The average molecular weight is 322 g/mol. The third-order valence-electron chi connectivity index (χ3n) is 4.51. The van der Waals surface area contributed by atoms with Gasteiger partial charge in [0.1, 0.15) is 11.9 Å². The summed E-state index contributed by atoms with van der Waals surface area (Å²) in [5.41, 5.74) is 0.955. The van der Waals surface area contributed by atoms with Gasteiger partial charge in [-0.25, -0.2) is 4.39 Å². The fourth-order valence-corrected chi connectivity index (χ4v) is 3.15. The summed E-state index contributed by atoms with van der Waals surface area (Å²) in [6, 6.07) is 6.38. The van der Waals surface area contributed by atoms with Gasteiger partial charge in [0, 0.05) is 32.2 Å². The molecule has 126 valence electrons. The van der Waals surface area contributed by atoms with Crippen LogP contribution in [0.1, 0.15) is 18.1 Å². The summed E-state index contributed by atoms with van der Waals surface area (Å²) in [5, 5.41) is 2.98. The number of hydrogen-bond acceptors (Lipinski definition) is 4. The summed E-state index contributed by atoms with van der Waals surface area (Å²) in [6.45, 7) is 3.26. The predicted octanol–water partition coefficient (Wildman–Crippen LogP) is 1.35. The number of benzene rings is 1. The van der Waals surface area contributed by atoms with Crippen LogP contribution < -0.4 is 5.32 Å². The Kier molecular flexibility index (Phi) is 5.25. The molecule has 23 heavy (non-hydrogen) atoms. The quantitative estimate of drug-likeness (QED) is 0.909. The van der Waals surface area contributed by atoms with Gasteiger partial charge in [-0.2, -0.15) is 0 Å². The Balaban J connectivity index is 1.54. The second-order valence-corrected chi connectivity index (χ2v) is 6.26. The van der Waals surface area contributed by atoms with E-state index in [2.05, 4.69) is 10.2 Å². The zero-order valence-corrected chi connectivity index (χ0v) is 13.3. The maximum Gasteiger partial charge on any atom is 0.250 e. The van der Waals surface area contributed by atoms with E-state index >= 15 is 0 Å². The molecule has 6 heteroatoms. The average Bonchev–Trinajstić information content (AvgIpc) is 3.02. The number of carbonyl (C=O) groups is 1. The maximum atomic E-state index is 13.0. The highest BCUT2D eigenvalue weighted by Crippen LogP contribution is 2.34.